The van der Waals surface area contributed by atoms with E-state index in [0.717, 1.165) is 24.9 Å². The Morgan fingerprint density at radius 2 is 1.75 bits per heavy atom. The SMILES string of the molecule is CC(C)CCC(CNC(C)(C)C)Cc1ccccc1F. The van der Waals surface area contributed by atoms with E-state index in [2.05, 4.69) is 39.9 Å². The van der Waals surface area contributed by atoms with Gasteiger partial charge >= 0.3 is 0 Å². The van der Waals surface area contributed by atoms with Crippen molar-refractivity contribution in [1.29, 1.82) is 0 Å². The van der Waals surface area contributed by atoms with Gasteiger partial charge in [-0.15, -0.1) is 0 Å². The fourth-order valence-electron chi connectivity index (χ4n) is 2.27. The highest BCUT2D eigenvalue weighted by Gasteiger charge is 2.16. The first-order valence-corrected chi connectivity index (χ1v) is 7.76. The summed E-state index contributed by atoms with van der Waals surface area (Å²) in [6.45, 7) is 12.0. The van der Waals surface area contributed by atoms with Gasteiger partial charge in [-0.1, -0.05) is 38.5 Å². The minimum Gasteiger partial charge on any atom is -0.312 e. The lowest BCUT2D eigenvalue weighted by Crippen LogP contribution is -2.39. The Morgan fingerprint density at radius 1 is 1.10 bits per heavy atom. The van der Waals surface area contributed by atoms with Crippen LogP contribution in [0.3, 0.4) is 0 Å². The van der Waals surface area contributed by atoms with Gasteiger partial charge in [0, 0.05) is 5.54 Å². The van der Waals surface area contributed by atoms with Crippen LogP contribution in [0.5, 0.6) is 0 Å². The monoisotopic (exact) mass is 279 g/mol. The number of benzene rings is 1. The van der Waals surface area contributed by atoms with E-state index in [-0.39, 0.29) is 11.4 Å². The molecule has 1 N–H and O–H groups in total. The molecular weight excluding hydrogens is 249 g/mol. The van der Waals surface area contributed by atoms with Gasteiger partial charge in [0.2, 0.25) is 0 Å². The number of hydrogen-bond acceptors (Lipinski definition) is 1. The molecule has 1 aromatic carbocycles. The molecule has 0 aliphatic rings. The summed E-state index contributed by atoms with van der Waals surface area (Å²) in [5, 5.41) is 3.56. The third kappa shape index (κ3) is 7.04. The van der Waals surface area contributed by atoms with Crippen LogP contribution in [0, 0.1) is 17.7 Å². The van der Waals surface area contributed by atoms with E-state index < -0.39 is 0 Å². The minimum absolute atomic E-state index is 0.0715. The zero-order valence-corrected chi connectivity index (χ0v) is 13.7. The lowest BCUT2D eigenvalue weighted by molar-refractivity contribution is 0.338. The van der Waals surface area contributed by atoms with E-state index in [4.69, 9.17) is 0 Å². The van der Waals surface area contributed by atoms with E-state index in [1.54, 1.807) is 12.1 Å². The largest absolute Gasteiger partial charge is 0.312 e. The van der Waals surface area contributed by atoms with Gasteiger partial charge in [-0.3, -0.25) is 0 Å². The van der Waals surface area contributed by atoms with Crippen molar-refractivity contribution in [2.45, 2.75) is 59.4 Å². The van der Waals surface area contributed by atoms with E-state index in [1.807, 2.05) is 12.1 Å². The average molecular weight is 279 g/mol. The zero-order chi connectivity index (χ0) is 15.2. The van der Waals surface area contributed by atoms with Crippen molar-refractivity contribution in [3.8, 4) is 0 Å². The lowest BCUT2D eigenvalue weighted by Gasteiger charge is -2.26. The molecule has 0 saturated heterocycles. The van der Waals surface area contributed by atoms with Crippen molar-refractivity contribution < 1.29 is 4.39 Å². The first-order valence-electron chi connectivity index (χ1n) is 7.76. The van der Waals surface area contributed by atoms with Crippen LogP contribution in [0.25, 0.3) is 0 Å². The second kappa shape index (κ2) is 7.78. The molecule has 0 aromatic heterocycles. The predicted octanol–water partition coefficient (Wildman–Crippen LogP) is 4.81. The third-order valence-corrected chi connectivity index (χ3v) is 3.54. The van der Waals surface area contributed by atoms with Crippen LogP contribution < -0.4 is 5.32 Å². The maximum Gasteiger partial charge on any atom is 0.126 e. The summed E-state index contributed by atoms with van der Waals surface area (Å²) in [5.74, 6) is 1.12. The van der Waals surface area contributed by atoms with Crippen LogP contribution in [0.2, 0.25) is 0 Å². The normalized spacial score (nSPS) is 13.8. The number of rotatable bonds is 7. The minimum atomic E-state index is -0.0715. The molecule has 2 heteroatoms. The fourth-order valence-corrected chi connectivity index (χ4v) is 2.27. The van der Waals surface area contributed by atoms with Crippen LogP contribution in [0.15, 0.2) is 24.3 Å². The molecule has 0 heterocycles. The summed E-state index contributed by atoms with van der Waals surface area (Å²) in [6.07, 6.45) is 3.17. The predicted molar refractivity (Wildman–Crippen MR) is 85.4 cm³/mol. The van der Waals surface area contributed by atoms with Crippen LogP contribution in [0.4, 0.5) is 4.39 Å². The molecule has 1 rings (SSSR count). The molecule has 1 nitrogen and oxygen atoms in total. The van der Waals surface area contributed by atoms with Gasteiger partial charge in [0.1, 0.15) is 5.82 Å². The molecule has 0 fully saturated rings. The molecule has 0 saturated carbocycles. The van der Waals surface area contributed by atoms with Gasteiger partial charge in [-0.05, 0) is 63.6 Å². The molecule has 0 bridgehead atoms. The number of halogens is 1. The summed E-state index contributed by atoms with van der Waals surface area (Å²) >= 11 is 0. The topological polar surface area (TPSA) is 12.0 Å². The molecule has 0 aliphatic carbocycles. The summed E-state index contributed by atoms with van der Waals surface area (Å²) in [7, 11) is 0. The highest BCUT2D eigenvalue weighted by atomic mass is 19.1. The molecule has 114 valence electrons. The number of hydrogen-bond donors (Lipinski definition) is 1. The smallest absolute Gasteiger partial charge is 0.126 e. The maximum atomic E-state index is 13.8. The third-order valence-electron chi connectivity index (χ3n) is 3.54. The van der Waals surface area contributed by atoms with Crippen LogP contribution in [0.1, 0.15) is 53.0 Å². The summed E-state index contributed by atoms with van der Waals surface area (Å²) in [4.78, 5) is 0. The van der Waals surface area contributed by atoms with E-state index in [0.29, 0.717) is 11.8 Å². The van der Waals surface area contributed by atoms with Gasteiger partial charge in [0.05, 0.1) is 0 Å². The van der Waals surface area contributed by atoms with Gasteiger partial charge in [0.15, 0.2) is 0 Å². The molecule has 0 amide bonds. The van der Waals surface area contributed by atoms with Crippen molar-refractivity contribution in [3.63, 3.8) is 0 Å². The first-order chi connectivity index (χ1) is 9.28. The molecule has 20 heavy (non-hydrogen) atoms. The van der Waals surface area contributed by atoms with Gasteiger partial charge < -0.3 is 5.32 Å². The first kappa shape index (κ1) is 17.2. The van der Waals surface area contributed by atoms with Gasteiger partial charge in [-0.25, -0.2) is 4.39 Å². The quantitative estimate of drug-likeness (QED) is 0.755. The van der Waals surface area contributed by atoms with Crippen molar-refractivity contribution >= 4 is 0 Å². The lowest BCUT2D eigenvalue weighted by atomic mass is 9.91. The molecule has 0 spiro atoms. The Kier molecular flexibility index (Phi) is 6.67. The second-order valence-electron chi connectivity index (χ2n) is 7.26. The zero-order valence-electron chi connectivity index (χ0n) is 13.7. The Morgan fingerprint density at radius 3 is 2.30 bits per heavy atom. The van der Waals surface area contributed by atoms with Crippen molar-refractivity contribution in [1.82, 2.24) is 5.32 Å². The van der Waals surface area contributed by atoms with Crippen LogP contribution >= 0.6 is 0 Å². The van der Waals surface area contributed by atoms with Crippen molar-refractivity contribution in [2.75, 3.05) is 6.54 Å². The highest BCUT2D eigenvalue weighted by Crippen LogP contribution is 2.19. The fraction of sp³-hybridized carbons (Fsp3) is 0.667. The number of nitrogens with one attached hydrogen (secondary N) is 1. The molecule has 0 radical (unpaired) electrons. The second-order valence-corrected chi connectivity index (χ2v) is 7.26. The van der Waals surface area contributed by atoms with Crippen molar-refractivity contribution in [3.05, 3.63) is 35.6 Å². The van der Waals surface area contributed by atoms with Crippen LogP contribution in [-0.2, 0) is 6.42 Å². The summed E-state index contributed by atoms with van der Waals surface area (Å²) < 4.78 is 13.8. The van der Waals surface area contributed by atoms with E-state index in [1.165, 1.54) is 6.42 Å². The average Bonchev–Trinajstić information content (AvgIpc) is 2.34. The Labute approximate surface area is 124 Å². The molecule has 0 aliphatic heterocycles. The molecule has 1 unspecified atom stereocenters. The molecular formula is C18H30FN. The van der Waals surface area contributed by atoms with Crippen LogP contribution in [-0.4, -0.2) is 12.1 Å². The van der Waals surface area contributed by atoms with Gasteiger partial charge in [-0.2, -0.15) is 0 Å². The highest BCUT2D eigenvalue weighted by molar-refractivity contribution is 5.17. The van der Waals surface area contributed by atoms with Crippen molar-refractivity contribution in [2.24, 2.45) is 11.8 Å². The molecule has 1 atom stereocenters. The molecule has 1 aromatic rings. The Bertz CT molecular complexity index is 393. The summed E-state index contributed by atoms with van der Waals surface area (Å²) in [6, 6.07) is 7.16. The van der Waals surface area contributed by atoms with E-state index in [9.17, 15) is 4.39 Å². The Balaban J connectivity index is 2.64. The maximum absolute atomic E-state index is 13.8. The van der Waals surface area contributed by atoms with E-state index >= 15 is 0 Å². The standard InChI is InChI=1S/C18H30FN/c1-14(2)10-11-15(13-20-18(3,4)5)12-16-8-6-7-9-17(16)19/h6-9,14-15,20H,10-13H2,1-5H3. The Hall–Kier alpha value is -0.890. The summed E-state index contributed by atoms with van der Waals surface area (Å²) in [5.41, 5.74) is 0.961. The van der Waals surface area contributed by atoms with Gasteiger partial charge in [0.25, 0.3) is 0 Å².